The maximum Gasteiger partial charge on any atom is 0.273 e. The molecule has 0 saturated heterocycles. The van der Waals surface area contributed by atoms with Gasteiger partial charge in [0.25, 0.3) is 11.6 Å². The van der Waals surface area contributed by atoms with Gasteiger partial charge in [-0.2, -0.15) is 0 Å². The van der Waals surface area contributed by atoms with E-state index in [1.165, 1.54) is 17.4 Å². The van der Waals surface area contributed by atoms with Gasteiger partial charge in [-0.3, -0.25) is 19.7 Å². The van der Waals surface area contributed by atoms with E-state index in [1.807, 2.05) is 12.3 Å². The molecule has 0 unspecified atom stereocenters. The number of hydrogen-bond donors (Lipinski definition) is 1. The normalized spacial score (nSPS) is 14.4. The number of carbonyl (C=O) groups is 2. The Morgan fingerprint density at radius 3 is 2.62 bits per heavy atom. The second-order valence-corrected chi connectivity index (χ2v) is 8.18. The van der Waals surface area contributed by atoms with Crippen LogP contribution in [0.2, 0.25) is 0 Å². The molecule has 0 aliphatic heterocycles. The molecule has 8 nitrogen and oxygen atoms in total. The number of nitro benzene ring substituents is 1. The zero-order valence-electron chi connectivity index (χ0n) is 16.5. The highest BCUT2D eigenvalue weighted by Gasteiger charge is 2.29. The van der Waals surface area contributed by atoms with Gasteiger partial charge in [-0.1, -0.05) is 25.3 Å². The van der Waals surface area contributed by atoms with E-state index in [1.54, 1.807) is 24.0 Å². The summed E-state index contributed by atoms with van der Waals surface area (Å²) < 4.78 is 0. The van der Waals surface area contributed by atoms with Crippen LogP contribution in [-0.2, 0) is 4.79 Å². The topological polar surface area (TPSA) is 105 Å². The van der Waals surface area contributed by atoms with Crippen molar-refractivity contribution >= 4 is 34.0 Å². The fourth-order valence-electron chi connectivity index (χ4n) is 3.59. The van der Waals surface area contributed by atoms with E-state index < -0.39 is 4.92 Å². The molecule has 154 valence electrons. The number of carbonyl (C=O) groups excluding carboxylic acids is 2. The predicted octanol–water partition coefficient (Wildman–Crippen LogP) is 4.08. The molecule has 1 aliphatic carbocycles. The van der Waals surface area contributed by atoms with Crippen LogP contribution in [0, 0.1) is 24.0 Å². The molecule has 0 spiro atoms. The van der Waals surface area contributed by atoms with Gasteiger partial charge < -0.3 is 10.2 Å². The third kappa shape index (κ3) is 5.17. The molecule has 0 atom stereocenters. The number of aromatic nitrogens is 1. The minimum atomic E-state index is -0.492. The monoisotopic (exact) mass is 416 g/mol. The summed E-state index contributed by atoms with van der Waals surface area (Å²) in [6.45, 7) is 3.37. The molecule has 0 radical (unpaired) electrons. The summed E-state index contributed by atoms with van der Waals surface area (Å²) in [7, 11) is 0. The average Bonchev–Trinajstić information content (AvgIpc) is 3.11. The zero-order chi connectivity index (χ0) is 21.0. The summed E-state index contributed by atoms with van der Waals surface area (Å²) in [4.78, 5) is 42.4. The largest absolute Gasteiger partial charge is 0.326 e. The summed E-state index contributed by atoms with van der Waals surface area (Å²) in [6, 6.07) is 4.40. The van der Waals surface area contributed by atoms with Crippen molar-refractivity contribution in [2.24, 2.45) is 0 Å². The molecule has 1 fully saturated rings. The summed E-state index contributed by atoms with van der Waals surface area (Å²) in [6.07, 6.45) is 4.75. The van der Waals surface area contributed by atoms with Crippen molar-refractivity contribution in [3.05, 3.63) is 50.5 Å². The SMILES string of the molecule is Cc1csc(NC(=O)CN(C(=O)c2ccc(C)c([N+](=O)[O-])c2)C2CCCCC2)n1. The van der Waals surface area contributed by atoms with Crippen LogP contribution in [0.3, 0.4) is 0 Å². The molecule has 2 amide bonds. The van der Waals surface area contributed by atoms with Gasteiger partial charge in [0, 0.05) is 28.6 Å². The van der Waals surface area contributed by atoms with Gasteiger partial charge in [0.2, 0.25) is 5.91 Å². The van der Waals surface area contributed by atoms with Crippen LogP contribution in [0.5, 0.6) is 0 Å². The van der Waals surface area contributed by atoms with Crippen LogP contribution in [0.25, 0.3) is 0 Å². The molecule has 1 aromatic heterocycles. The summed E-state index contributed by atoms with van der Waals surface area (Å²) >= 11 is 1.33. The lowest BCUT2D eigenvalue weighted by molar-refractivity contribution is -0.385. The summed E-state index contributed by atoms with van der Waals surface area (Å²) in [5, 5.41) is 16.3. The van der Waals surface area contributed by atoms with Gasteiger partial charge >= 0.3 is 0 Å². The maximum atomic E-state index is 13.2. The Labute approximate surface area is 173 Å². The molecule has 2 aromatic rings. The Hall–Kier alpha value is -2.81. The summed E-state index contributed by atoms with van der Waals surface area (Å²) in [5.74, 6) is -0.676. The molecule has 1 heterocycles. The Balaban J connectivity index is 1.82. The van der Waals surface area contributed by atoms with E-state index in [2.05, 4.69) is 10.3 Å². The van der Waals surface area contributed by atoms with Gasteiger partial charge in [0.1, 0.15) is 6.54 Å². The lowest BCUT2D eigenvalue weighted by Crippen LogP contribution is -2.45. The first-order valence-corrected chi connectivity index (χ1v) is 10.5. The molecule has 1 N–H and O–H groups in total. The number of nitro groups is 1. The molecule has 1 aromatic carbocycles. The van der Waals surface area contributed by atoms with E-state index in [9.17, 15) is 19.7 Å². The number of benzene rings is 1. The second-order valence-electron chi connectivity index (χ2n) is 7.33. The minimum Gasteiger partial charge on any atom is -0.326 e. The Morgan fingerprint density at radius 1 is 1.28 bits per heavy atom. The molecule has 1 saturated carbocycles. The highest BCUT2D eigenvalue weighted by Crippen LogP contribution is 2.26. The van der Waals surface area contributed by atoms with Crippen molar-refractivity contribution in [3.63, 3.8) is 0 Å². The number of aryl methyl sites for hydroxylation is 2. The van der Waals surface area contributed by atoms with E-state index >= 15 is 0 Å². The van der Waals surface area contributed by atoms with Crippen LogP contribution in [0.15, 0.2) is 23.6 Å². The van der Waals surface area contributed by atoms with Crippen molar-refractivity contribution in [2.45, 2.75) is 52.0 Å². The quantitative estimate of drug-likeness (QED) is 0.564. The van der Waals surface area contributed by atoms with Crippen LogP contribution >= 0.6 is 11.3 Å². The first kappa shape index (κ1) is 20.9. The van der Waals surface area contributed by atoms with Crippen molar-refractivity contribution in [1.82, 2.24) is 9.88 Å². The molecular formula is C20H24N4O4S. The van der Waals surface area contributed by atoms with Gasteiger partial charge in [0.05, 0.1) is 10.6 Å². The fourth-order valence-corrected chi connectivity index (χ4v) is 4.29. The van der Waals surface area contributed by atoms with Crippen molar-refractivity contribution < 1.29 is 14.5 Å². The number of thiazole rings is 1. The number of anilines is 1. The average molecular weight is 417 g/mol. The third-order valence-electron chi connectivity index (χ3n) is 5.11. The maximum absolute atomic E-state index is 13.2. The molecule has 1 aliphatic rings. The lowest BCUT2D eigenvalue weighted by Gasteiger charge is -2.34. The first-order valence-electron chi connectivity index (χ1n) is 9.63. The molecular weight excluding hydrogens is 392 g/mol. The number of nitrogens with zero attached hydrogens (tertiary/aromatic N) is 3. The predicted molar refractivity (Wildman–Crippen MR) is 111 cm³/mol. The van der Waals surface area contributed by atoms with Crippen molar-refractivity contribution in [1.29, 1.82) is 0 Å². The smallest absolute Gasteiger partial charge is 0.273 e. The van der Waals surface area contributed by atoms with Crippen LogP contribution < -0.4 is 5.32 Å². The summed E-state index contributed by atoms with van der Waals surface area (Å²) in [5.41, 5.74) is 1.44. The van der Waals surface area contributed by atoms with E-state index in [0.717, 1.165) is 37.8 Å². The van der Waals surface area contributed by atoms with Crippen LogP contribution in [0.1, 0.15) is 53.7 Å². The molecule has 0 bridgehead atoms. The highest BCUT2D eigenvalue weighted by molar-refractivity contribution is 7.13. The third-order valence-corrected chi connectivity index (χ3v) is 5.98. The van der Waals surface area contributed by atoms with E-state index in [-0.39, 0.29) is 35.7 Å². The molecule has 29 heavy (non-hydrogen) atoms. The Kier molecular flexibility index (Phi) is 6.58. The second kappa shape index (κ2) is 9.13. The lowest BCUT2D eigenvalue weighted by atomic mass is 9.93. The van der Waals surface area contributed by atoms with Crippen LogP contribution in [0.4, 0.5) is 10.8 Å². The van der Waals surface area contributed by atoms with Crippen molar-refractivity contribution in [3.8, 4) is 0 Å². The number of rotatable bonds is 6. The molecule has 3 rings (SSSR count). The van der Waals surface area contributed by atoms with Gasteiger partial charge in [-0.25, -0.2) is 4.98 Å². The van der Waals surface area contributed by atoms with E-state index in [4.69, 9.17) is 0 Å². The Morgan fingerprint density at radius 2 is 2.00 bits per heavy atom. The van der Waals surface area contributed by atoms with Gasteiger partial charge in [-0.05, 0) is 32.8 Å². The minimum absolute atomic E-state index is 0.0552. The number of amides is 2. The van der Waals surface area contributed by atoms with Gasteiger partial charge in [0.15, 0.2) is 5.13 Å². The molecule has 9 heteroatoms. The highest BCUT2D eigenvalue weighted by atomic mass is 32.1. The van der Waals surface area contributed by atoms with Gasteiger partial charge in [-0.15, -0.1) is 11.3 Å². The van der Waals surface area contributed by atoms with Crippen LogP contribution in [-0.4, -0.2) is 39.2 Å². The zero-order valence-corrected chi connectivity index (χ0v) is 17.3. The van der Waals surface area contributed by atoms with E-state index in [0.29, 0.717) is 10.7 Å². The van der Waals surface area contributed by atoms with Crippen molar-refractivity contribution in [2.75, 3.05) is 11.9 Å². The first-order chi connectivity index (χ1) is 13.8. The number of nitrogens with one attached hydrogen (secondary N) is 1. The number of hydrogen-bond acceptors (Lipinski definition) is 6. The standard InChI is InChI=1S/C20H24N4O4S/c1-13-8-9-15(10-17(13)24(27)28)19(26)23(16-6-4-3-5-7-16)11-18(25)22-20-21-14(2)12-29-20/h8-10,12,16H,3-7,11H2,1-2H3,(H,21,22,25). The fraction of sp³-hybridized carbons (Fsp3) is 0.450. The Bertz CT molecular complexity index is 921.